The molecule has 6 atom stereocenters. The van der Waals surface area contributed by atoms with Gasteiger partial charge in [0.05, 0.1) is 13.2 Å². The number of Topliss-reactive ketones (excluding diaryl/α,β-unsaturated/α-hetero) is 1. The van der Waals surface area contributed by atoms with Crippen LogP contribution in [0.3, 0.4) is 0 Å². The summed E-state index contributed by atoms with van der Waals surface area (Å²) in [7, 11) is 0. The number of hydrogen-bond donors (Lipinski definition) is 0. The van der Waals surface area contributed by atoms with Gasteiger partial charge in [-0.05, 0) is 67.6 Å². The van der Waals surface area contributed by atoms with Gasteiger partial charge >= 0.3 is 0 Å². The molecular weight excluding hydrogens is 300 g/mol. The molecule has 4 unspecified atom stereocenters. The number of hydrogen-bond acceptors (Lipinski definition) is 3. The van der Waals surface area contributed by atoms with Crippen LogP contribution in [0.1, 0.15) is 71.6 Å². The van der Waals surface area contributed by atoms with Crippen molar-refractivity contribution in [2.75, 3.05) is 13.2 Å². The molecule has 4 aliphatic carbocycles. The van der Waals surface area contributed by atoms with E-state index >= 15 is 0 Å². The second-order valence-corrected chi connectivity index (χ2v) is 9.84. The van der Waals surface area contributed by atoms with Gasteiger partial charge < -0.3 is 9.47 Å². The molecule has 1 aliphatic heterocycles. The maximum Gasteiger partial charge on any atom is 0.174 e. The lowest BCUT2D eigenvalue weighted by Crippen LogP contribution is -2.56. The Morgan fingerprint density at radius 1 is 0.917 bits per heavy atom. The average molecular weight is 332 g/mol. The summed E-state index contributed by atoms with van der Waals surface area (Å²) in [4.78, 5) is 12.0. The molecule has 134 valence electrons. The van der Waals surface area contributed by atoms with Crippen molar-refractivity contribution in [1.82, 2.24) is 0 Å². The Bertz CT molecular complexity index is 551. The van der Waals surface area contributed by atoms with Crippen molar-refractivity contribution >= 4 is 5.78 Å². The van der Waals surface area contributed by atoms with Crippen LogP contribution in [-0.2, 0) is 14.3 Å². The van der Waals surface area contributed by atoms with Gasteiger partial charge in [-0.3, -0.25) is 4.79 Å². The molecule has 0 aromatic carbocycles. The van der Waals surface area contributed by atoms with Gasteiger partial charge in [0, 0.05) is 24.7 Å². The molecule has 1 spiro atoms. The predicted molar refractivity (Wildman–Crippen MR) is 91.4 cm³/mol. The van der Waals surface area contributed by atoms with Gasteiger partial charge in [-0.15, -0.1) is 0 Å². The molecule has 5 rings (SSSR count). The Morgan fingerprint density at radius 2 is 1.67 bits per heavy atom. The fraction of sp³-hybridized carbons (Fsp3) is 0.952. The van der Waals surface area contributed by atoms with Gasteiger partial charge in [-0.25, -0.2) is 0 Å². The van der Waals surface area contributed by atoms with Crippen LogP contribution in [0.15, 0.2) is 0 Å². The maximum atomic E-state index is 12.0. The van der Waals surface area contributed by atoms with E-state index in [2.05, 4.69) is 13.8 Å². The fourth-order valence-electron chi connectivity index (χ4n) is 7.93. The Hall–Kier alpha value is -0.410. The smallest absolute Gasteiger partial charge is 0.174 e. The molecular formula is C21H32O3. The monoisotopic (exact) mass is 332 g/mol. The molecule has 1 saturated heterocycles. The van der Waals surface area contributed by atoms with Crippen molar-refractivity contribution in [3.05, 3.63) is 0 Å². The first-order chi connectivity index (χ1) is 11.5. The van der Waals surface area contributed by atoms with Crippen molar-refractivity contribution in [3.63, 3.8) is 0 Å². The standard InChI is InChI=1S/C21H32O3/c1-19-8-5-15(22)13-14(19)3-4-16-17(19)6-9-20(2)18(16)7-10-21(20)23-11-12-24-21/h14,16-18H,3-13H2,1-2H3/t14?,16?,17?,18?,19-,20-/m0/s1. The molecule has 1 heterocycles. The van der Waals surface area contributed by atoms with Crippen LogP contribution >= 0.6 is 0 Å². The third-order valence-corrected chi connectivity index (χ3v) is 9.28. The highest BCUT2D eigenvalue weighted by molar-refractivity contribution is 5.79. The van der Waals surface area contributed by atoms with Crippen LogP contribution in [0.25, 0.3) is 0 Å². The van der Waals surface area contributed by atoms with Gasteiger partial charge in [0.15, 0.2) is 5.79 Å². The summed E-state index contributed by atoms with van der Waals surface area (Å²) in [5.74, 6) is 3.29. The van der Waals surface area contributed by atoms with Crippen molar-refractivity contribution in [1.29, 1.82) is 0 Å². The highest BCUT2D eigenvalue weighted by atomic mass is 16.7. The molecule has 0 aromatic heterocycles. The second kappa shape index (κ2) is 5.07. The molecule has 3 nitrogen and oxygen atoms in total. The lowest BCUT2D eigenvalue weighted by molar-refractivity contribution is -0.246. The number of ether oxygens (including phenoxy) is 2. The van der Waals surface area contributed by atoms with Crippen LogP contribution in [-0.4, -0.2) is 24.8 Å². The molecule has 0 amide bonds. The van der Waals surface area contributed by atoms with Crippen molar-refractivity contribution in [3.8, 4) is 0 Å². The highest BCUT2D eigenvalue weighted by Gasteiger charge is 2.67. The number of carbonyl (C=O) groups excluding carboxylic acids is 1. The summed E-state index contributed by atoms with van der Waals surface area (Å²) in [6, 6.07) is 0. The van der Waals surface area contributed by atoms with Gasteiger partial charge in [0.25, 0.3) is 0 Å². The predicted octanol–water partition coefficient (Wildman–Crippen LogP) is 4.34. The normalized spacial score (nSPS) is 52.8. The van der Waals surface area contributed by atoms with E-state index in [1.54, 1.807) is 0 Å². The summed E-state index contributed by atoms with van der Waals surface area (Å²) in [6.45, 7) is 6.54. The summed E-state index contributed by atoms with van der Waals surface area (Å²) in [6.07, 6.45) is 10.3. The lowest BCUT2D eigenvalue weighted by Gasteiger charge is -2.60. The molecule has 4 saturated carbocycles. The highest BCUT2D eigenvalue weighted by Crippen LogP contribution is 2.69. The number of ketones is 1. The molecule has 24 heavy (non-hydrogen) atoms. The molecule has 0 N–H and O–H groups in total. The summed E-state index contributed by atoms with van der Waals surface area (Å²) < 4.78 is 12.5. The van der Waals surface area contributed by atoms with Gasteiger partial charge in [-0.2, -0.15) is 0 Å². The topological polar surface area (TPSA) is 35.5 Å². The molecule has 5 fully saturated rings. The van der Waals surface area contributed by atoms with Crippen LogP contribution in [0.4, 0.5) is 0 Å². The Kier molecular flexibility index (Phi) is 3.34. The third kappa shape index (κ3) is 1.84. The van der Waals surface area contributed by atoms with E-state index < -0.39 is 0 Å². The lowest BCUT2D eigenvalue weighted by atomic mass is 9.45. The van der Waals surface area contributed by atoms with Crippen molar-refractivity contribution < 1.29 is 14.3 Å². The van der Waals surface area contributed by atoms with E-state index in [4.69, 9.17) is 9.47 Å². The van der Waals surface area contributed by atoms with Crippen molar-refractivity contribution in [2.24, 2.45) is 34.5 Å². The number of rotatable bonds is 0. The fourth-order valence-corrected chi connectivity index (χ4v) is 7.93. The summed E-state index contributed by atoms with van der Waals surface area (Å²) >= 11 is 0. The Morgan fingerprint density at radius 3 is 2.46 bits per heavy atom. The minimum Gasteiger partial charge on any atom is -0.347 e. The van der Waals surface area contributed by atoms with E-state index in [9.17, 15) is 4.79 Å². The van der Waals surface area contributed by atoms with E-state index in [-0.39, 0.29) is 11.2 Å². The SMILES string of the molecule is C[C@]12CCC(=O)CC1CCC1C2CC[C@@]2(C)C1CCC21OCCO1. The minimum absolute atomic E-state index is 0.207. The molecule has 0 radical (unpaired) electrons. The van der Waals surface area contributed by atoms with E-state index in [1.165, 1.54) is 32.1 Å². The third-order valence-electron chi connectivity index (χ3n) is 9.28. The minimum atomic E-state index is -0.275. The molecule has 0 aromatic rings. The first-order valence-electron chi connectivity index (χ1n) is 10.3. The zero-order chi connectivity index (χ0) is 16.6. The Balaban J connectivity index is 1.46. The summed E-state index contributed by atoms with van der Waals surface area (Å²) in [5.41, 5.74) is 0.615. The number of fused-ring (bicyclic) bond motifs is 6. The van der Waals surface area contributed by atoms with E-state index in [1.807, 2.05) is 0 Å². The molecule has 3 heteroatoms. The van der Waals surface area contributed by atoms with E-state index in [0.717, 1.165) is 56.7 Å². The quantitative estimate of drug-likeness (QED) is 0.662. The van der Waals surface area contributed by atoms with Crippen LogP contribution < -0.4 is 0 Å². The van der Waals surface area contributed by atoms with Gasteiger partial charge in [0.2, 0.25) is 0 Å². The summed E-state index contributed by atoms with van der Waals surface area (Å²) in [5, 5.41) is 0. The molecule has 0 bridgehead atoms. The van der Waals surface area contributed by atoms with Crippen LogP contribution in [0.5, 0.6) is 0 Å². The second-order valence-electron chi connectivity index (χ2n) is 9.84. The molecule has 5 aliphatic rings. The largest absolute Gasteiger partial charge is 0.347 e. The van der Waals surface area contributed by atoms with Gasteiger partial charge in [-0.1, -0.05) is 13.8 Å². The average Bonchev–Trinajstić information content (AvgIpc) is 3.15. The van der Waals surface area contributed by atoms with Crippen molar-refractivity contribution in [2.45, 2.75) is 77.4 Å². The Labute approximate surface area is 145 Å². The zero-order valence-corrected chi connectivity index (χ0v) is 15.3. The first-order valence-corrected chi connectivity index (χ1v) is 10.3. The van der Waals surface area contributed by atoms with Gasteiger partial charge in [0.1, 0.15) is 5.78 Å². The van der Waals surface area contributed by atoms with E-state index in [0.29, 0.717) is 17.1 Å². The maximum absolute atomic E-state index is 12.0. The zero-order valence-electron chi connectivity index (χ0n) is 15.3. The first kappa shape index (κ1) is 15.8. The van der Waals surface area contributed by atoms with Crippen LogP contribution in [0, 0.1) is 34.5 Å². The number of carbonyl (C=O) groups is 1. The van der Waals surface area contributed by atoms with Crippen LogP contribution in [0.2, 0.25) is 0 Å².